The summed E-state index contributed by atoms with van der Waals surface area (Å²) in [6.07, 6.45) is 0. The van der Waals surface area contributed by atoms with E-state index in [0.717, 1.165) is 16.9 Å². The van der Waals surface area contributed by atoms with Gasteiger partial charge in [-0.3, -0.25) is 4.79 Å². The molecule has 0 aliphatic heterocycles. The zero-order valence-corrected chi connectivity index (χ0v) is 15.8. The van der Waals surface area contributed by atoms with Gasteiger partial charge in [0.2, 0.25) is 0 Å². The number of nitrogens with one attached hydrogen (secondary N) is 1. The first-order chi connectivity index (χ1) is 11.8. The molecule has 0 spiro atoms. The Morgan fingerprint density at radius 2 is 2.00 bits per heavy atom. The third-order valence-electron chi connectivity index (χ3n) is 3.69. The molecule has 0 bridgehead atoms. The van der Waals surface area contributed by atoms with Crippen LogP contribution in [0.4, 0.5) is 15.1 Å². The molecule has 0 fully saturated rings. The van der Waals surface area contributed by atoms with E-state index in [9.17, 15) is 14.0 Å². The maximum Gasteiger partial charge on any atom is 0.341 e. The van der Waals surface area contributed by atoms with Crippen LogP contribution in [0.25, 0.3) is 0 Å². The Morgan fingerprint density at radius 1 is 1.32 bits per heavy atom. The third kappa shape index (κ3) is 4.07. The molecule has 0 saturated carbocycles. The molecular formula is C19H22FNO3S. The highest BCUT2D eigenvalue weighted by molar-refractivity contribution is 7.18. The number of benzene rings is 1. The molecule has 2 aromatic rings. The number of hydrogen-bond acceptors (Lipinski definition) is 5. The smallest absolute Gasteiger partial charge is 0.341 e. The minimum absolute atomic E-state index is 0.0482. The Balaban J connectivity index is 2.61. The maximum atomic E-state index is 14.2. The van der Waals surface area contributed by atoms with Gasteiger partial charge in [-0.2, -0.15) is 0 Å². The zero-order valence-electron chi connectivity index (χ0n) is 15.0. The van der Waals surface area contributed by atoms with Crippen molar-refractivity contribution in [3.63, 3.8) is 0 Å². The van der Waals surface area contributed by atoms with Gasteiger partial charge in [-0.1, -0.05) is 19.9 Å². The van der Waals surface area contributed by atoms with Crippen molar-refractivity contribution >= 4 is 33.8 Å². The molecule has 0 aliphatic carbocycles. The van der Waals surface area contributed by atoms with Gasteiger partial charge in [-0.05, 0) is 49.9 Å². The van der Waals surface area contributed by atoms with Crippen LogP contribution in [-0.4, -0.2) is 18.4 Å². The second-order valence-electron chi connectivity index (χ2n) is 6.09. The maximum absolute atomic E-state index is 14.2. The summed E-state index contributed by atoms with van der Waals surface area (Å²) in [7, 11) is 0. The summed E-state index contributed by atoms with van der Waals surface area (Å²) in [5.74, 6) is -1.10. The molecule has 0 unspecified atom stereocenters. The summed E-state index contributed by atoms with van der Waals surface area (Å²) in [5, 5.41) is 3.39. The first kappa shape index (κ1) is 19.1. The van der Waals surface area contributed by atoms with Gasteiger partial charge in [0.15, 0.2) is 5.78 Å². The van der Waals surface area contributed by atoms with Gasteiger partial charge < -0.3 is 10.1 Å². The normalized spacial score (nSPS) is 10.8. The number of anilines is 2. The fourth-order valence-electron chi connectivity index (χ4n) is 2.59. The average Bonchev–Trinajstić information content (AvgIpc) is 2.90. The van der Waals surface area contributed by atoms with Gasteiger partial charge in [0.25, 0.3) is 0 Å². The predicted octanol–water partition coefficient (Wildman–Crippen LogP) is 5.44. The Labute approximate surface area is 151 Å². The van der Waals surface area contributed by atoms with Crippen LogP contribution in [0.3, 0.4) is 0 Å². The lowest BCUT2D eigenvalue weighted by molar-refractivity contribution is 0.0526. The molecule has 134 valence electrons. The van der Waals surface area contributed by atoms with E-state index in [2.05, 4.69) is 5.32 Å². The summed E-state index contributed by atoms with van der Waals surface area (Å²) >= 11 is 1.16. The lowest BCUT2D eigenvalue weighted by atomic mass is 9.97. The van der Waals surface area contributed by atoms with E-state index in [4.69, 9.17) is 4.74 Å². The van der Waals surface area contributed by atoms with E-state index < -0.39 is 11.8 Å². The standard InChI is InChI=1S/C19H22FNO3S/c1-6-24-19(23)16-15(10(2)3)17(12(5)22)25-18(16)21-14-8-7-11(4)9-13(14)20/h7-10,21H,6H2,1-5H3. The molecular weight excluding hydrogens is 341 g/mol. The van der Waals surface area contributed by atoms with Crippen LogP contribution < -0.4 is 5.32 Å². The van der Waals surface area contributed by atoms with Crippen molar-refractivity contribution in [1.82, 2.24) is 0 Å². The summed E-state index contributed by atoms with van der Waals surface area (Å²) in [6, 6.07) is 4.80. The Morgan fingerprint density at radius 3 is 2.52 bits per heavy atom. The molecule has 1 heterocycles. The SMILES string of the molecule is CCOC(=O)c1c(Nc2ccc(C)cc2F)sc(C(C)=O)c1C(C)C. The third-order valence-corrected chi connectivity index (χ3v) is 4.92. The van der Waals surface area contributed by atoms with E-state index in [1.54, 1.807) is 26.0 Å². The molecule has 6 heteroatoms. The summed E-state index contributed by atoms with van der Waals surface area (Å²) in [5.41, 5.74) is 2.01. The number of ether oxygens (including phenoxy) is 1. The molecule has 2 rings (SSSR count). The van der Waals surface area contributed by atoms with E-state index in [1.165, 1.54) is 13.0 Å². The van der Waals surface area contributed by atoms with Crippen molar-refractivity contribution in [2.24, 2.45) is 0 Å². The van der Waals surface area contributed by atoms with Crippen LogP contribution in [-0.2, 0) is 4.74 Å². The zero-order chi connectivity index (χ0) is 18.7. The lowest BCUT2D eigenvalue weighted by Gasteiger charge is -2.12. The van der Waals surface area contributed by atoms with Crippen LogP contribution in [0.1, 0.15) is 64.8 Å². The van der Waals surface area contributed by atoms with E-state index in [0.29, 0.717) is 21.0 Å². The minimum atomic E-state index is -0.509. The minimum Gasteiger partial charge on any atom is -0.462 e. The number of carbonyl (C=O) groups excluding carboxylic acids is 2. The van der Waals surface area contributed by atoms with E-state index in [1.807, 2.05) is 13.8 Å². The van der Waals surface area contributed by atoms with Gasteiger partial charge in [0.05, 0.1) is 22.7 Å². The van der Waals surface area contributed by atoms with Crippen molar-refractivity contribution in [3.8, 4) is 0 Å². The molecule has 0 amide bonds. The quantitative estimate of drug-likeness (QED) is 0.548. The number of halogens is 1. The fourth-order valence-corrected chi connectivity index (χ4v) is 3.85. The van der Waals surface area contributed by atoms with E-state index >= 15 is 0 Å². The molecule has 0 radical (unpaired) electrons. The second-order valence-corrected chi connectivity index (χ2v) is 7.11. The molecule has 25 heavy (non-hydrogen) atoms. The number of carbonyl (C=O) groups is 2. The number of esters is 1. The average molecular weight is 363 g/mol. The Hall–Kier alpha value is -2.21. The highest BCUT2D eigenvalue weighted by Gasteiger charge is 2.28. The number of Topliss-reactive ketones (excluding diaryl/α,β-unsaturated/α-hetero) is 1. The number of thiophene rings is 1. The van der Waals surface area contributed by atoms with Crippen molar-refractivity contribution in [1.29, 1.82) is 0 Å². The summed E-state index contributed by atoms with van der Waals surface area (Å²) in [4.78, 5) is 25.0. The number of rotatable bonds is 6. The number of hydrogen-bond donors (Lipinski definition) is 1. The molecule has 0 aliphatic rings. The molecule has 1 aromatic carbocycles. The first-order valence-corrected chi connectivity index (χ1v) is 8.95. The number of aryl methyl sites for hydroxylation is 1. The predicted molar refractivity (Wildman–Crippen MR) is 98.8 cm³/mol. The highest BCUT2D eigenvalue weighted by Crippen LogP contribution is 2.40. The fraction of sp³-hybridized carbons (Fsp3) is 0.368. The van der Waals surface area contributed by atoms with Crippen molar-refractivity contribution in [2.75, 3.05) is 11.9 Å². The lowest BCUT2D eigenvalue weighted by Crippen LogP contribution is -2.11. The number of ketones is 1. The largest absolute Gasteiger partial charge is 0.462 e. The molecule has 1 aromatic heterocycles. The van der Waals surface area contributed by atoms with Gasteiger partial charge in [-0.25, -0.2) is 9.18 Å². The molecule has 1 N–H and O–H groups in total. The molecule has 0 atom stereocenters. The summed E-state index contributed by atoms with van der Waals surface area (Å²) < 4.78 is 19.4. The van der Waals surface area contributed by atoms with Crippen LogP contribution in [0, 0.1) is 12.7 Å². The highest BCUT2D eigenvalue weighted by atomic mass is 32.1. The topological polar surface area (TPSA) is 55.4 Å². The van der Waals surface area contributed by atoms with Gasteiger partial charge >= 0.3 is 5.97 Å². The van der Waals surface area contributed by atoms with Crippen LogP contribution in [0.2, 0.25) is 0 Å². The van der Waals surface area contributed by atoms with Crippen molar-refractivity contribution in [3.05, 3.63) is 45.6 Å². The molecule has 4 nitrogen and oxygen atoms in total. The molecule has 0 saturated heterocycles. The van der Waals surface area contributed by atoms with Crippen LogP contribution >= 0.6 is 11.3 Å². The monoisotopic (exact) mass is 363 g/mol. The van der Waals surface area contributed by atoms with Gasteiger partial charge in [0.1, 0.15) is 10.8 Å². The second kappa shape index (κ2) is 7.78. The van der Waals surface area contributed by atoms with Crippen LogP contribution in [0.15, 0.2) is 18.2 Å². The van der Waals surface area contributed by atoms with E-state index in [-0.39, 0.29) is 24.0 Å². The van der Waals surface area contributed by atoms with Crippen molar-refractivity contribution < 1.29 is 18.7 Å². The first-order valence-electron chi connectivity index (χ1n) is 8.14. The Bertz CT molecular complexity index is 811. The van der Waals surface area contributed by atoms with Crippen molar-refractivity contribution in [2.45, 2.75) is 40.5 Å². The van der Waals surface area contributed by atoms with Gasteiger partial charge in [-0.15, -0.1) is 11.3 Å². The Kier molecular flexibility index (Phi) is 5.95. The van der Waals surface area contributed by atoms with Gasteiger partial charge in [0, 0.05) is 0 Å². The van der Waals surface area contributed by atoms with Crippen LogP contribution in [0.5, 0.6) is 0 Å². The summed E-state index contributed by atoms with van der Waals surface area (Å²) in [6.45, 7) is 9.02.